The molecule has 38 heavy (non-hydrogen) atoms. The monoisotopic (exact) mass is 532 g/mol. The molecular formula is C28H31F3N2O5. The lowest BCUT2D eigenvalue weighted by Gasteiger charge is -2.20. The zero-order chi connectivity index (χ0) is 27.9. The fourth-order valence-corrected chi connectivity index (χ4v) is 3.64. The van der Waals surface area contributed by atoms with Gasteiger partial charge in [0.25, 0.3) is 0 Å². The number of oxazole rings is 1. The van der Waals surface area contributed by atoms with Crippen molar-refractivity contribution in [3.63, 3.8) is 0 Å². The molecule has 3 rings (SSSR count). The highest BCUT2D eigenvalue weighted by Gasteiger charge is 2.38. The number of nitrogens with zero attached hydrogens (tertiary/aromatic N) is 1. The van der Waals surface area contributed by atoms with Gasteiger partial charge >= 0.3 is 18.1 Å². The lowest BCUT2D eigenvalue weighted by Crippen LogP contribution is -2.36. The van der Waals surface area contributed by atoms with Gasteiger partial charge in [0.05, 0.1) is 12.3 Å². The highest BCUT2D eigenvalue weighted by atomic mass is 19.4. The van der Waals surface area contributed by atoms with E-state index in [1.54, 1.807) is 39.0 Å². The molecule has 0 aliphatic carbocycles. The molecule has 1 N–H and O–H groups in total. The highest BCUT2D eigenvalue weighted by molar-refractivity contribution is 5.81. The van der Waals surface area contributed by atoms with Crippen LogP contribution in [0.5, 0.6) is 5.75 Å². The van der Waals surface area contributed by atoms with Crippen molar-refractivity contribution in [3.8, 4) is 17.2 Å². The van der Waals surface area contributed by atoms with E-state index in [1.807, 2.05) is 42.6 Å². The van der Waals surface area contributed by atoms with Gasteiger partial charge in [0.15, 0.2) is 0 Å². The number of alkyl halides is 3. The summed E-state index contributed by atoms with van der Waals surface area (Å²) in [6, 6.07) is 14.4. The summed E-state index contributed by atoms with van der Waals surface area (Å²) in [5.74, 6) is -0.888. The number of aromatic nitrogens is 1. The Hall–Kier alpha value is -3.82. The van der Waals surface area contributed by atoms with Gasteiger partial charge in [-0.2, -0.15) is 13.2 Å². The number of ether oxygens (including phenoxy) is 2. The molecule has 204 valence electrons. The van der Waals surface area contributed by atoms with Crippen molar-refractivity contribution in [2.75, 3.05) is 6.61 Å². The number of halogens is 3. The Morgan fingerprint density at radius 2 is 1.71 bits per heavy atom. The molecule has 1 amide bonds. The molecule has 0 radical (unpaired) electrons. The van der Waals surface area contributed by atoms with E-state index in [4.69, 9.17) is 13.9 Å². The number of hydrogen-bond donors (Lipinski definition) is 1. The lowest BCUT2D eigenvalue weighted by atomic mass is 10.0. The molecule has 1 heterocycles. The van der Waals surface area contributed by atoms with Gasteiger partial charge in [-0.25, -0.2) is 4.98 Å². The van der Waals surface area contributed by atoms with Crippen LogP contribution in [0.3, 0.4) is 0 Å². The Balaban J connectivity index is 1.67. The fourth-order valence-electron chi connectivity index (χ4n) is 3.64. The molecule has 0 aliphatic rings. The molecule has 1 aromatic heterocycles. The summed E-state index contributed by atoms with van der Waals surface area (Å²) < 4.78 is 55.0. The second kappa shape index (κ2) is 12.1. The Kier molecular flexibility index (Phi) is 9.19. The molecule has 10 heteroatoms. The van der Waals surface area contributed by atoms with E-state index >= 15 is 0 Å². The van der Waals surface area contributed by atoms with Crippen LogP contribution >= 0.6 is 0 Å². The maximum absolute atomic E-state index is 12.7. The Bertz CT molecular complexity index is 1250. The van der Waals surface area contributed by atoms with Crippen LogP contribution < -0.4 is 10.1 Å². The average molecular weight is 533 g/mol. The number of esters is 1. The van der Waals surface area contributed by atoms with Crippen LogP contribution in [0.2, 0.25) is 0 Å². The Morgan fingerprint density at radius 1 is 1.00 bits per heavy atom. The van der Waals surface area contributed by atoms with E-state index in [-0.39, 0.29) is 26.0 Å². The molecule has 0 saturated heterocycles. The van der Waals surface area contributed by atoms with Gasteiger partial charge in [0.2, 0.25) is 5.89 Å². The first-order valence-electron chi connectivity index (χ1n) is 12.1. The minimum atomic E-state index is -5.00. The maximum Gasteiger partial charge on any atom is 0.471 e. The van der Waals surface area contributed by atoms with Gasteiger partial charge in [0.1, 0.15) is 17.1 Å². The second-order valence-corrected chi connectivity index (χ2v) is 9.68. The quantitative estimate of drug-likeness (QED) is 0.336. The van der Waals surface area contributed by atoms with Gasteiger partial charge in [-0.1, -0.05) is 24.3 Å². The molecule has 2 aromatic carbocycles. The Morgan fingerprint density at radius 3 is 2.37 bits per heavy atom. The summed E-state index contributed by atoms with van der Waals surface area (Å²) in [5, 5.41) is 1.88. The number of hydrogen-bond acceptors (Lipinski definition) is 6. The molecule has 0 fully saturated rings. The predicted octanol–water partition coefficient (Wildman–Crippen LogP) is 5.72. The minimum absolute atomic E-state index is 0.0346. The first-order chi connectivity index (χ1) is 17.8. The molecule has 0 spiro atoms. The molecule has 0 saturated carbocycles. The van der Waals surface area contributed by atoms with E-state index < -0.39 is 23.7 Å². The fraction of sp³-hybridized carbons (Fsp3) is 0.393. The number of aryl methyl sites for hydroxylation is 2. The number of nitrogens with one attached hydrogen (secondary N) is 1. The zero-order valence-electron chi connectivity index (χ0n) is 21.8. The molecule has 0 aliphatic heterocycles. The zero-order valence-corrected chi connectivity index (χ0v) is 21.8. The second-order valence-electron chi connectivity index (χ2n) is 9.68. The van der Waals surface area contributed by atoms with Gasteiger partial charge in [-0.05, 0) is 69.5 Å². The third-order valence-corrected chi connectivity index (χ3v) is 5.41. The summed E-state index contributed by atoms with van der Waals surface area (Å²) in [4.78, 5) is 28.0. The van der Waals surface area contributed by atoms with Gasteiger partial charge in [0, 0.05) is 24.9 Å². The van der Waals surface area contributed by atoms with Crippen molar-refractivity contribution in [1.29, 1.82) is 0 Å². The summed E-state index contributed by atoms with van der Waals surface area (Å²) >= 11 is 0. The molecule has 3 aromatic rings. The van der Waals surface area contributed by atoms with Gasteiger partial charge in [-0.3, -0.25) is 9.59 Å². The Labute approximate surface area is 219 Å². The first kappa shape index (κ1) is 28.7. The van der Waals surface area contributed by atoms with Gasteiger partial charge < -0.3 is 19.2 Å². The standard InChI is InChI=1S/C28H31F3N2O5/c1-18-23(33-25(37-18)20-8-6-5-7-9-20)14-15-36-22-12-10-19(11-13-24(34)38-27(2,3)4)21(16-22)17-32-26(35)28(29,30)31/h5-10,12,16H,11,13-15,17H2,1-4H3,(H,32,35). The van der Waals surface area contributed by atoms with Crippen molar-refractivity contribution in [3.05, 3.63) is 71.1 Å². The number of rotatable bonds is 10. The number of carbonyl (C=O) groups excluding carboxylic acids is 2. The van der Waals surface area contributed by atoms with E-state index in [2.05, 4.69) is 4.98 Å². The van der Waals surface area contributed by atoms with E-state index in [0.717, 1.165) is 11.3 Å². The van der Waals surface area contributed by atoms with Crippen LogP contribution in [-0.2, 0) is 33.7 Å². The predicted molar refractivity (Wildman–Crippen MR) is 134 cm³/mol. The molecule has 7 nitrogen and oxygen atoms in total. The van der Waals surface area contributed by atoms with Gasteiger partial charge in [-0.15, -0.1) is 0 Å². The third-order valence-electron chi connectivity index (χ3n) is 5.41. The third kappa shape index (κ3) is 8.64. The van der Waals surface area contributed by atoms with E-state index in [9.17, 15) is 22.8 Å². The maximum atomic E-state index is 12.7. The van der Waals surface area contributed by atoms with Crippen molar-refractivity contribution in [1.82, 2.24) is 10.3 Å². The average Bonchev–Trinajstić information content (AvgIpc) is 3.21. The van der Waals surface area contributed by atoms with Crippen LogP contribution in [0.15, 0.2) is 52.9 Å². The van der Waals surface area contributed by atoms with Crippen LogP contribution in [-0.4, -0.2) is 35.2 Å². The smallest absolute Gasteiger partial charge is 0.471 e. The minimum Gasteiger partial charge on any atom is -0.493 e. The summed E-state index contributed by atoms with van der Waals surface area (Å²) in [5.41, 5.74) is 1.95. The molecular weight excluding hydrogens is 501 g/mol. The van der Waals surface area contributed by atoms with E-state index in [1.165, 1.54) is 0 Å². The molecule has 0 atom stereocenters. The summed E-state index contributed by atoms with van der Waals surface area (Å²) in [6.07, 6.45) is -4.29. The summed E-state index contributed by atoms with van der Waals surface area (Å²) in [6.45, 7) is 6.93. The highest BCUT2D eigenvalue weighted by Crippen LogP contribution is 2.24. The lowest BCUT2D eigenvalue weighted by molar-refractivity contribution is -0.173. The SMILES string of the molecule is Cc1oc(-c2ccccc2)nc1CCOc1ccc(CCC(=O)OC(C)(C)C)c(CNC(=O)C(F)(F)F)c1. The topological polar surface area (TPSA) is 90.7 Å². The summed E-state index contributed by atoms with van der Waals surface area (Å²) in [7, 11) is 0. The van der Waals surface area contributed by atoms with Crippen LogP contribution in [0.25, 0.3) is 11.5 Å². The molecule has 0 unspecified atom stereocenters. The number of carbonyl (C=O) groups is 2. The van der Waals surface area contributed by atoms with Crippen molar-refractivity contribution in [2.24, 2.45) is 0 Å². The largest absolute Gasteiger partial charge is 0.493 e. The van der Waals surface area contributed by atoms with Crippen LogP contribution in [0.4, 0.5) is 13.2 Å². The van der Waals surface area contributed by atoms with Crippen LogP contribution in [0.1, 0.15) is 49.8 Å². The number of benzene rings is 2. The molecule has 0 bridgehead atoms. The van der Waals surface area contributed by atoms with Crippen LogP contribution in [0, 0.1) is 6.92 Å². The van der Waals surface area contributed by atoms with Crippen molar-refractivity contribution in [2.45, 2.75) is 65.3 Å². The number of amides is 1. The van der Waals surface area contributed by atoms with Crippen molar-refractivity contribution >= 4 is 11.9 Å². The van der Waals surface area contributed by atoms with E-state index in [0.29, 0.717) is 34.9 Å². The normalized spacial score (nSPS) is 11.8. The first-order valence-corrected chi connectivity index (χ1v) is 12.1. The van der Waals surface area contributed by atoms with Crippen molar-refractivity contribution < 1.29 is 36.7 Å².